The van der Waals surface area contributed by atoms with E-state index in [2.05, 4.69) is 60.1 Å². The number of fused-ring (bicyclic) bond motifs is 1. The van der Waals surface area contributed by atoms with Gasteiger partial charge in [0.05, 0.1) is 30.3 Å². The SMILES string of the molecule is COc1ccccc1C(=O)NCCCc1nc2ccccc2n1CCCCOc1cc(C)ccc1C. The summed E-state index contributed by atoms with van der Waals surface area (Å²) < 4.78 is 13.6. The maximum absolute atomic E-state index is 12.6. The Morgan fingerprint density at radius 3 is 2.61 bits per heavy atom. The molecule has 6 heteroatoms. The van der Waals surface area contributed by atoms with E-state index >= 15 is 0 Å². The number of amides is 1. The Kier molecular flexibility index (Phi) is 8.61. The molecule has 0 saturated carbocycles. The first-order valence-corrected chi connectivity index (χ1v) is 12.6. The van der Waals surface area contributed by atoms with Crippen LogP contribution in [0.5, 0.6) is 11.5 Å². The lowest BCUT2D eigenvalue weighted by Crippen LogP contribution is -2.25. The zero-order valence-electron chi connectivity index (χ0n) is 21.4. The van der Waals surface area contributed by atoms with E-state index in [-0.39, 0.29) is 5.91 Å². The standard InChI is InChI=1S/C30H35N3O3/c1-22-16-17-23(2)28(21-22)36-20-9-8-19-33-26-13-6-5-12-25(26)32-29(33)15-10-18-31-30(34)24-11-4-7-14-27(24)35-3/h4-7,11-14,16-17,21H,8-10,15,18-20H2,1-3H3,(H,31,34). The van der Waals surface area contributed by atoms with Gasteiger partial charge in [0.1, 0.15) is 17.3 Å². The highest BCUT2D eigenvalue weighted by Crippen LogP contribution is 2.21. The van der Waals surface area contributed by atoms with Crippen LogP contribution in [0.15, 0.2) is 66.7 Å². The molecule has 6 nitrogen and oxygen atoms in total. The van der Waals surface area contributed by atoms with E-state index in [1.807, 2.05) is 18.2 Å². The molecule has 188 valence electrons. The molecule has 0 aliphatic rings. The number of rotatable bonds is 12. The van der Waals surface area contributed by atoms with E-state index in [1.165, 1.54) is 11.1 Å². The first-order valence-electron chi connectivity index (χ1n) is 12.6. The summed E-state index contributed by atoms with van der Waals surface area (Å²) in [5, 5.41) is 3.01. The summed E-state index contributed by atoms with van der Waals surface area (Å²) in [6.45, 7) is 6.32. The van der Waals surface area contributed by atoms with E-state index in [9.17, 15) is 4.79 Å². The molecule has 1 aromatic heterocycles. The number of ether oxygens (including phenoxy) is 2. The third-order valence-corrected chi connectivity index (χ3v) is 6.33. The number of aryl methyl sites for hydroxylation is 4. The van der Waals surface area contributed by atoms with E-state index in [4.69, 9.17) is 14.5 Å². The van der Waals surface area contributed by atoms with Gasteiger partial charge in [-0.25, -0.2) is 4.98 Å². The van der Waals surface area contributed by atoms with Crippen LogP contribution < -0.4 is 14.8 Å². The van der Waals surface area contributed by atoms with Crippen molar-refractivity contribution in [3.05, 3.63) is 89.2 Å². The largest absolute Gasteiger partial charge is 0.496 e. The van der Waals surface area contributed by atoms with Gasteiger partial charge in [-0.15, -0.1) is 0 Å². The normalized spacial score (nSPS) is 11.0. The monoisotopic (exact) mass is 485 g/mol. The zero-order valence-corrected chi connectivity index (χ0v) is 21.4. The average Bonchev–Trinajstić information content (AvgIpc) is 3.25. The summed E-state index contributed by atoms with van der Waals surface area (Å²) >= 11 is 0. The van der Waals surface area contributed by atoms with Crippen LogP contribution >= 0.6 is 0 Å². The summed E-state index contributed by atoms with van der Waals surface area (Å²) in [5.41, 5.74) is 5.10. The van der Waals surface area contributed by atoms with Crippen molar-refractivity contribution in [2.24, 2.45) is 0 Å². The summed E-state index contributed by atoms with van der Waals surface area (Å²) in [4.78, 5) is 17.4. The van der Waals surface area contributed by atoms with Gasteiger partial charge in [0.25, 0.3) is 5.91 Å². The molecule has 4 aromatic rings. The topological polar surface area (TPSA) is 65.4 Å². The Hall–Kier alpha value is -3.80. The number of hydrogen-bond donors (Lipinski definition) is 1. The minimum atomic E-state index is -0.121. The molecule has 0 aliphatic heterocycles. The van der Waals surface area contributed by atoms with Crippen LogP contribution in [0.4, 0.5) is 0 Å². The molecular formula is C30H35N3O3. The first kappa shape index (κ1) is 25.3. The Labute approximate surface area is 213 Å². The fourth-order valence-corrected chi connectivity index (χ4v) is 4.36. The zero-order chi connectivity index (χ0) is 25.3. The van der Waals surface area contributed by atoms with Crippen molar-refractivity contribution in [1.29, 1.82) is 0 Å². The molecule has 0 atom stereocenters. The molecular weight excluding hydrogens is 450 g/mol. The Morgan fingerprint density at radius 1 is 0.944 bits per heavy atom. The highest BCUT2D eigenvalue weighted by atomic mass is 16.5. The summed E-state index contributed by atoms with van der Waals surface area (Å²) in [6, 6.07) is 21.8. The second-order valence-electron chi connectivity index (χ2n) is 9.05. The molecule has 3 aromatic carbocycles. The molecule has 4 rings (SSSR count). The van der Waals surface area contributed by atoms with E-state index in [1.54, 1.807) is 19.2 Å². The van der Waals surface area contributed by atoms with Crippen molar-refractivity contribution < 1.29 is 14.3 Å². The number of unbranched alkanes of at least 4 members (excludes halogenated alkanes) is 1. The molecule has 1 heterocycles. The number of methoxy groups -OCH3 is 1. The molecule has 1 amide bonds. The number of aromatic nitrogens is 2. The van der Waals surface area contributed by atoms with Crippen molar-refractivity contribution in [2.45, 2.75) is 46.1 Å². The lowest BCUT2D eigenvalue weighted by atomic mass is 10.1. The lowest BCUT2D eigenvalue weighted by Gasteiger charge is -2.12. The summed E-state index contributed by atoms with van der Waals surface area (Å²) in [5.74, 6) is 2.49. The van der Waals surface area contributed by atoms with Crippen molar-refractivity contribution in [2.75, 3.05) is 20.3 Å². The molecule has 0 spiro atoms. The third kappa shape index (κ3) is 6.25. The Balaban J connectivity index is 1.31. The minimum absolute atomic E-state index is 0.121. The molecule has 0 bridgehead atoms. The van der Waals surface area contributed by atoms with Gasteiger partial charge in [-0.2, -0.15) is 0 Å². The highest BCUT2D eigenvalue weighted by Gasteiger charge is 2.13. The van der Waals surface area contributed by atoms with Crippen LogP contribution in [0.25, 0.3) is 11.0 Å². The van der Waals surface area contributed by atoms with Gasteiger partial charge in [-0.1, -0.05) is 36.4 Å². The maximum atomic E-state index is 12.6. The fraction of sp³-hybridized carbons (Fsp3) is 0.333. The number of nitrogens with zero attached hydrogens (tertiary/aromatic N) is 2. The number of hydrogen-bond acceptors (Lipinski definition) is 4. The predicted molar refractivity (Wildman–Crippen MR) is 144 cm³/mol. The van der Waals surface area contributed by atoms with Gasteiger partial charge in [0.15, 0.2) is 0 Å². The van der Waals surface area contributed by atoms with E-state index in [0.29, 0.717) is 24.5 Å². The lowest BCUT2D eigenvalue weighted by molar-refractivity contribution is 0.0950. The van der Waals surface area contributed by atoms with Crippen LogP contribution in [0, 0.1) is 13.8 Å². The molecule has 0 saturated heterocycles. The van der Waals surface area contributed by atoms with Crippen molar-refractivity contribution >= 4 is 16.9 Å². The van der Waals surface area contributed by atoms with E-state index in [0.717, 1.165) is 54.8 Å². The Bertz CT molecular complexity index is 1310. The number of carbonyl (C=O) groups is 1. The smallest absolute Gasteiger partial charge is 0.255 e. The summed E-state index contributed by atoms with van der Waals surface area (Å²) in [7, 11) is 1.58. The van der Waals surface area contributed by atoms with Crippen molar-refractivity contribution in [1.82, 2.24) is 14.9 Å². The molecule has 0 fully saturated rings. The Morgan fingerprint density at radius 2 is 1.75 bits per heavy atom. The maximum Gasteiger partial charge on any atom is 0.255 e. The van der Waals surface area contributed by atoms with Gasteiger partial charge < -0.3 is 19.4 Å². The van der Waals surface area contributed by atoms with Crippen molar-refractivity contribution in [3.63, 3.8) is 0 Å². The fourth-order valence-electron chi connectivity index (χ4n) is 4.36. The number of nitrogens with one attached hydrogen (secondary N) is 1. The van der Waals surface area contributed by atoms with Gasteiger partial charge in [-0.3, -0.25) is 4.79 Å². The predicted octanol–water partition coefficient (Wildman–Crippen LogP) is 5.88. The van der Waals surface area contributed by atoms with Crippen LogP contribution in [0.3, 0.4) is 0 Å². The molecule has 0 radical (unpaired) electrons. The number of carbonyl (C=O) groups excluding carboxylic acids is 1. The number of para-hydroxylation sites is 3. The second kappa shape index (κ2) is 12.2. The number of benzene rings is 3. The van der Waals surface area contributed by atoms with Crippen LogP contribution in [0.2, 0.25) is 0 Å². The average molecular weight is 486 g/mol. The van der Waals surface area contributed by atoms with Gasteiger partial charge in [0.2, 0.25) is 0 Å². The van der Waals surface area contributed by atoms with Gasteiger partial charge >= 0.3 is 0 Å². The minimum Gasteiger partial charge on any atom is -0.496 e. The van der Waals surface area contributed by atoms with Crippen LogP contribution in [-0.2, 0) is 13.0 Å². The van der Waals surface area contributed by atoms with Crippen molar-refractivity contribution in [3.8, 4) is 11.5 Å². The first-order chi connectivity index (χ1) is 17.6. The third-order valence-electron chi connectivity index (χ3n) is 6.33. The molecule has 0 unspecified atom stereocenters. The number of imidazole rings is 1. The highest BCUT2D eigenvalue weighted by molar-refractivity contribution is 5.96. The van der Waals surface area contributed by atoms with Gasteiger partial charge in [-0.05, 0) is 74.6 Å². The van der Waals surface area contributed by atoms with Gasteiger partial charge in [0, 0.05) is 19.5 Å². The quantitative estimate of drug-likeness (QED) is 0.254. The summed E-state index contributed by atoms with van der Waals surface area (Å²) in [6.07, 6.45) is 3.57. The second-order valence-corrected chi connectivity index (χ2v) is 9.05. The molecule has 0 aliphatic carbocycles. The van der Waals surface area contributed by atoms with E-state index < -0.39 is 0 Å². The molecule has 36 heavy (non-hydrogen) atoms. The van der Waals surface area contributed by atoms with Crippen LogP contribution in [-0.4, -0.2) is 35.7 Å². The van der Waals surface area contributed by atoms with Crippen LogP contribution in [0.1, 0.15) is 46.6 Å². The molecule has 1 N–H and O–H groups in total.